The van der Waals surface area contributed by atoms with Crippen LogP contribution in [0.2, 0.25) is 0 Å². The highest BCUT2D eigenvalue weighted by atomic mass is 16.5. The first-order valence-corrected chi connectivity index (χ1v) is 10.5. The fourth-order valence-corrected chi connectivity index (χ4v) is 5.17. The van der Waals surface area contributed by atoms with E-state index in [2.05, 4.69) is 45.1 Å². The number of hydrogen-bond acceptors (Lipinski definition) is 5. The van der Waals surface area contributed by atoms with Crippen LogP contribution in [0.3, 0.4) is 0 Å². The van der Waals surface area contributed by atoms with Crippen molar-refractivity contribution in [3.63, 3.8) is 0 Å². The predicted octanol–water partition coefficient (Wildman–Crippen LogP) is 2.09. The highest BCUT2D eigenvalue weighted by molar-refractivity contribution is 5.40. The SMILES string of the molecule is O=c1[nH]c(N2CCOCC2)nc2c1CCC21CCCN(Cc2ccccc2)C1. The summed E-state index contributed by atoms with van der Waals surface area (Å²) >= 11 is 0. The standard InChI is InChI=1S/C22H28N4O2/c27-20-18-7-9-22(19(18)23-21(24-20)26-11-13-28-14-12-26)8-4-10-25(16-22)15-17-5-2-1-3-6-17/h1-3,5-6H,4,7-16H2,(H,23,24,27). The third kappa shape index (κ3) is 3.25. The molecule has 28 heavy (non-hydrogen) atoms. The van der Waals surface area contributed by atoms with Crippen molar-refractivity contribution in [2.24, 2.45) is 0 Å². The Morgan fingerprint density at radius 1 is 1.11 bits per heavy atom. The van der Waals surface area contributed by atoms with E-state index in [1.807, 2.05) is 0 Å². The van der Waals surface area contributed by atoms with Gasteiger partial charge in [-0.2, -0.15) is 0 Å². The zero-order valence-corrected chi connectivity index (χ0v) is 16.3. The zero-order chi connectivity index (χ0) is 19.0. The number of ether oxygens (including phenoxy) is 1. The summed E-state index contributed by atoms with van der Waals surface area (Å²) < 4.78 is 5.46. The summed E-state index contributed by atoms with van der Waals surface area (Å²) in [5, 5.41) is 0. The number of hydrogen-bond donors (Lipinski definition) is 1. The minimum atomic E-state index is 0.0255. The van der Waals surface area contributed by atoms with Crippen LogP contribution in [0.1, 0.15) is 36.1 Å². The molecule has 1 aromatic heterocycles. The summed E-state index contributed by atoms with van der Waals surface area (Å²) in [5.41, 5.74) is 3.42. The monoisotopic (exact) mass is 380 g/mol. The molecule has 1 N–H and O–H groups in total. The van der Waals surface area contributed by atoms with E-state index < -0.39 is 0 Å². The van der Waals surface area contributed by atoms with Gasteiger partial charge in [-0.15, -0.1) is 0 Å². The van der Waals surface area contributed by atoms with Crippen LogP contribution in [0.5, 0.6) is 0 Å². The summed E-state index contributed by atoms with van der Waals surface area (Å²) in [4.78, 5) is 25.6. The van der Waals surface area contributed by atoms with Gasteiger partial charge >= 0.3 is 0 Å². The number of aromatic nitrogens is 2. The van der Waals surface area contributed by atoms with Gasteiger partial charge in [-0.25, -0.2) is 4.98 Å². The molecule has 5 rings (SSSR count). The van der Waals surface area contributed by atoms with Crippen molar-refractivity contribution >= 4 is 5.95 Å². The van der Waals surface area contributed by atoms with Crippen molar-refractivity contribution in [1.29, 1.82) is 0 Å². The van der Waals surface area contributed by atoms with Crippen LogP contribution in [0.4, 0.5) is 5.95 Å². The van der Waals surface area contributed by atoms with E-state index in [1.165, 1.54) is 5.56 Å². The molecule has 1 unspecified atom stereocenters. The van der Waals surface area contributed by atoms with Gasteiger partial charge in [0.05, 0.1) is 18.9 Å². The Labute approximate surface area is 165 Å². The first-order valence-electron chi connectivity index (χ1n) is 10.5. The first-order chi connectivity index (χ1) is 13.7. The second-order valence-corrected chi connectivity index (χ2v) is 8.40. The van der Waals surface area contributed by atoms with Gasteiger partial charge in [0, 0.05) is 37.2 Å². The average molecular weight is 380 g/mol. The average Bonchev–Trinajstić information content (AvgIpc) is 3.08. The van der Waals surface area contributed by atoms with Crippen molar-refractivity contribution in [3.05, 3.63) is 57.5 Å². The Kier molecular flexibility index (Phi) is 4.69. The van der Waals surface area contributed by atoms with Crippen molar-refractivity contribution in [2.75, 3.05) is 44.3 Å². The first kappa shape index (κ1) is 17.9. The van der Waals surface area contributed by atoms with Gasteiger partial charge in [-0.1, -0.05) is 30.3 Å². The number of morpholine rings is 1. The molecule has 2 fully saturated rings. The van der Waals surface area contributed by atoms with E-state index in [0.717, 1.165) is 75.6 Å². The van der Waals surface area contributed by atoms with Gasteiger partial charge in [0.15, 0.2) is 0 Å². The molecule has 0 amide bonds. The molecule has 2 aromatic rings. The summed E-state index contributed by atoms with van der Waals surface area (Å²) in [5.74, 6) is 0.730. The summed E-state index contributed by atoms with van der Waals surface area (Å²) in [6.07, 6.45) is 4.18. The minimum Gasteiger partial charge on any atom is -0.378 e. The van der Waals surface area contributed by atoms with Crippen LogP contribution < -0.4 is 10.5 Å². The van der Waals surface area contributed by atoms with Gasteiger partial charge < -0.3 is 9.64 Å². The molecule has 0 bridgehead atoms. The molecule has 6 heteroatoms. The van der Waals surface area contributed by atoms with Gasteiger partial charge in [-0.3, -0.25) is 14.7 Å². The Morgan fingerprint density at radius 2 is 1.93 bits per heavy atom. The lowest BCUT2D eigenvalue weighted by Crippen LogP contribution is -2.45. The number of benzene rings is 1. The van der Waals surface area contributed by atoms with Crippen molar-refractivity contribution in [3.8, 4) is 0 Å². The van der Waals surface area contributed by atoms with Gasteiger partial charge in [0.2, 0.25) is 5.95 Å². The van der Waals surface area contributed by atoms with E-state index >= 15 is 0 Å². The smallest absolute Gasteiger partial charge is 0.255 e. The minimum absolute atomic E-state index is 0.0255. The summed E-state index contributed by atoms with van der Waals surface area (Å²) in [6, 6.07) is 10.7. The van der Waals surface area contributed by atoms with E-state index in [1.54, 1.807) is 0 Å². The number of aromatic amines is 1. The molecule has 2 saturated heterocycles. The van der Waals surface area contributed by atoms with Gasteiger partial charge in [0.1, 0.15) is 0 Å². The highest BCUT2D eigenvalue weighted by Gasteiger charge is 2.44. The molecule has 0 saturated carbocycles. The lowest BCUT2D eigenvalue weighted by Gasteiger charge is -2.41. The third-order valence-corrected chi connectivity index (χ3v) is 6.57. The molecule has 148 valence electrons. The second-order valence-electron chi connectivity index (χ2n) is 8.40. The molecular formula is C22H28N4O2. The molecule has 1 atom stereocenters. The Morgan fingerprint density at radius 3 is 2.75 bits per heavy atom. The lowest BCUT2D eigenvalue weighted by molar-refractivity contribution is 0.121. The fourth-order valence-electron chi connectivity index (χ4n) is 5.17. The van der Waals surface area contributed by atoms with Crippen LogP contribution in [-0.4, -0.2) is 54.3 Å². The van der Waals surface area contributed by atoms with E-state index in [0.29, 0.717) is 13.2 Å². The molecule has 3 aliphatic rings. The number of piperidine rings is 1. The molecule has 0 radical (unpaired) electrons. The molecule has 3 heterocycles. The second kappa shape index (κ2) is 7.33. The van der Waals surface area contributed by atoms with Crippen LogP contribution in [-0.2, 0) is 23.1 Å². The van der Waals surface area contributed by atoms with Crippen LogP contribution in [0, 0.1) is 0 Å². The summed E-state index contributed by atoms with van der Waals surface area (Å²) in [7, 11) is 0. The van der Waals surface area contributed by atoms with Crippen LogP contribution in [0.25, 0.3) is 0 Å². The Balaban J connectivity index is 1.44. The third-order valence-electron chi connectivity index (χ3n) is 6.57. The number of rotatable bonds is 3. The molecule has 1 aromatic carbocycles. The van der Waals surface area contributed by atoms with E-state index in [9.17, 15) is 4.79 Å². The number of fused-ring (bicyclic) bond motifs is 2. The Hall–Kier alpha value is -2.18. The zero-order valence-electron chi connectivity index (χ0n) is 16.3. The number of likely N-dealkylation sites (tertiary alicyclic amines) is 1. The predicted molar refractivity (Wildman–Crippen MR) is 109 cm³/mol. The van der Waals surface area contributed by atoms with E-state index in [4.69, 9.17) is 9.72 Å². The maximum Gasteiger partial charge on any atom is 0.255 e. The number of nitrogens with one attached hydrogen (secondary N) is 1. The maximum atomic E-state index is 12.8. The number of H-pyrrole nitrogens is 1. The highest BCUT2D eigenvalue weighted by Crippen LogP contribution is 2.43. The van der Waals surface area contributed by atoms with Gasteiger partial charge in [-0.05, 0) is 37.8 Å². The van der Waals surface area contributed by atoms with Crippen molar-refractivity contribution in [1.82, 2.24) is 14.9 Å². The summed E-state index contributed by atoms with van der Waals surface area (Å²) in [6.45, 7) is 6.04. The molecule has 2 aliphatic heterocycles. The maximum absolute atomic E-state index is 12.8. The van der Waals surface area contributed by atoms with E-state index in [-0.39, 0.29) is 11.0 Å². The molecule has 1 aliphatic carbocycles. The van der Waals surface area contributed by atoms with Crippen LogP contribution >= 0.6 is 0 Å². The molecular weight excluding hydrogens is 352 g/mol. The fraction of sp³-hybridized carbons (Fsp3) is 0.545. The normalized spacial score (nSPS) is 25.2. The van der Waals surface area contributed by atoms with Crippen LogP contribution in [0.15, 0.2) is 35.1 Å². The quantitative estimate of drug-likeness (QED) is 0.884. The molecule has 1 spiro atoms. The molecule has 6 nitrogen and oxygen atoms in total. The number of nitrogens with zero attached hydrogens (tertiary/aromatic N) is 3. The Bertz CT molecular complexity index is 891. The lowest BCUT2D eigenvalue weighted by atomic mass is 9.77. The van der Waals surface area contributed by atoms with Crippen molar-refractivity contribution < 1.29 is 4.74 Å². The van der Waals surface area contributed by atoms with Crippen molar-refractivity contribution in [2.45, 2.75) is 37.6 Å². The largest absolute Gasteiger partial charge is 0.378 e. The number of anilines is 1. The topological polar surface area (TPSA) is 61.5 Å². The van der Waals surface area contributed by atoms with Gasteiger partial charge in [0.25, 0.3) is 5.56 Å².